The number of carbonyl (C=O) groups is 1. The minimum atomic E-state index is 0.175. The van der Waals surface area contributed by atoms with Crippen molar-refractivity contribution in [3.05, 3.63) is 47.3 Å². The molecular weight excluding hydrogens is 290 g/mol. The van der Waals surface area contributed by atoms with Crippen LogP contribution < -0.4 is 4.74 Å². The third-order valence-electron chi connectivity index (χ3n) is 4.79. The van der Waals surface area contributed by atoms with E-state index in [0.717, 1.165) is 49.3 Å². The standard InChI is InChI=1S/C18H21N3O2/c1-20-12-15(11-19-20)16-3-2-7-21(16)18(22)10-13-4-5-17-14(9-13)6-8-23-17/h4-5,9,11-12,16H,2-3,6-8,10H2,1H3/t16-/m0/s1. The number of amides is 1. The van der Waals surface area contributed by atoms with Gasteiger partial charge in [0.1, 0.15) is 5.75 Å². The number of nitrogens with zero attached hydrogens (tertiary/aromatic N) is 3. The van der Waals surface area contributed by atoms with Crippen molar-refractivity contribution in [2.75, 3.05) is 13.2 Å². The maximum Gasteiger partial charge on any atom is 0.227 e. The van der Waals surface area contributed by atoms with Gasteiger partial charge >= 0.3 is 0 Å². The Labute approximate surface area is 135 Å². The quantitative estimate of drug-likeness (QED) is 0.873. The van der Waals surface area contributed by atoms with Crippen molar-refractivity contribution in [2.24, 2.45) is 7.05 Å². The maximum absolute atomic E-state index is 12.8. The monoisotopic (exact) mass is 311 g/mol. The van der Waals surface area contributed by atoms with Crippen LogP contribution in [0.15, 0.2) is 30.6 Å². The van der Waals surface area contributed by atoms with E-state index in [0.29, 0.717) is 6.42 Å². The number of carbonyl (C=O) groups excluding carboxylic acids is 1. The summed E-state index contributed by atoms with van der Waals surface area (Å²) >= 11 is 0. The van der Waals surface area contributed by atoms with Gasteiger partial charge in [-0.05, 0) is 30.0 Å². The lowest BCUT2D eigenvalue weighted by Crippen LogP contribution is -2.31. The molecule has 0 unspecified atom stereocenters. The number of aromatic nitrogens is 2. The number of hydrogen-bond acceptors (Lipinski definition) is 3. The van der Waals surface area contributed by atoms with Gasteiger partial charge in [-0.1, -0.05) is 12.1 Å². The molecule has 1 fully saturated rings. The number of likely N-dealkylation sites (tertiary alicyclic amines) is 1. The average molecular weight is 311 g/mol. The Balaban J connectivity index is 1.50. The molecule has 2 aliphatic rings. The van der Waals surface area contributed by atoms with Crippen LogP contribution >= 0.6 is 0 Å². The Morgan fingerprint density at radius 1 is 1.43 bits per heavy atom. The zero-order chi connectivity index (χ0) is 15.8. The fraction of sp³-hybridized carbons (Fsp3) is 0.444. The first-order valence-corrected chi connectivity index (χ1v) is 8.23. The molecular formula is C18H21N3O2. The van der Waals surface area contributed by atoms with Gasteiger partial charge in [-0.3, -0.25) is 9.48 Å². The minimum Gasteiger partial charge on any atom is -0.493 e. The summed E-state index contributed by atoms with van der Waals surface area (Å²) in [6.45, 7) is 1.59. The Morgan fingerprint density at radius 2 is 2.35 bits per heavy atom. The summed E-state index contributed by atoms with van der Waals surface area (Å²) in [5.41, 5.74) is 3.44. The van der Waals surface area contributed by atoms with Crippen LogP contribution in [-0.4, -0.2) is 33.7 Å². The van der Waals surface area contributed by atoms with Gasteiger partial charge in [0.05, 0.1) is 25.3 Å². The van der Waals surface area contributed by atoms with Gasteiger partial charge in [0.15, 0.2) is 0 Å². The molecule has 1 aromatic carbocycles. The van der Waals surface area contributed by atoms with Crippen LogP contribution in [0.25, 0.3) is 0 Å². The molecule has 0 spiro atoms. The Bertz CT molecular complexity index is 738. The third-order valence-corrected chi connectivity index (χ3v) is 4.79. The maximum atomic E-state index is 12.8. The number of aryl methyl sites for hydroxylation is 1. The molecule has 0 N–H and O–H groups in total. The number of hydrogen-bond donors (Lipinski definition) is 0. The first kappa shape index (κ1) is 14.3. The summed E-state index contributed by atoms with van der Waals surface area (Å²) in [5.74, 6) is 1.17. The van der Waals surface area contributed by atoms with Crippen LogP contribution in [0.3, 0.4) is 0 Å². The van der Waals surface area contributed by atoms with Gasteiger partial charge in [0.2, 0.25) is 5.91 Å². The second-order valence-corrected chi connectivity index (χ2v) is 6.41. The Kier molecular flexibility index (Phi) is 3.56. The molecule has 0 saturated carbocycles. The highest BCUT2D eigenvalue weighted by Gasteiger charge is 2.30. The van der Waals surface area contributed by atoms with E-state index >= 15 is 0 Å². The van der Waals surface area contributed by atoms with E-state index in [9.17, 15) is 4.79 Å². The van der Waals surface area contributed by atoms with Crippen molar-refractivity contribution < 1.29 is 9.53 Å². The SMILES string of the molecule is Cn1cc([C@@H]2CCCN2C(=O)Cc2ccc3c(c2)CCO3)cn1. The largest absolute Gasteiger partial charge is 0.493 e. The lowest BCUT2D eigenvalue weighted by molar-refractivity contribution is -0.131. The molecule has 1 amide bonds. The van der Waals surface area contributed by atoms with E-state index in [4.69, 9.17) is 4.74 Å². The summed E-state index contributed by atoms with van der Waals surface area (Å²) in [6, 6.07) is 6.30. The highest BCUT2D eigenvalue weighted by Crippen LogP contribution is 2.32. The van der Waals surface area contributed by atoms with Crippen molar-refractivity contribution >= 4 is 5.91 Å². The topological polar surface area (TPSA) is 47.4 Å². The fourth-order valence-corrected chi connectivity index (χ4v) is 3.65. The van der Waals surface area contributed by atoms with Gasteiger partial charge in [0.25, 0.3) is 0 Å². The highest BCUT2D eigenvalue weighted by molar-refractivity contribution is 5.79. The van der Waals surface area contributed by atoms with Crippen LogP contribution in [0.5, 0.6) is 5.75 Å². The molecule has 1 atom stereocenters. The van der Waals surface area contributed by atoms with E-state index in [-0.39, 0.29) is 11.9 Å². The predicted molar refractivity (Wildman–Crippen MR) is 86.2 cm³/mol. The zero-order valence-corrected chi connectivity index (χ0v) is 13.4. The number of ether oxygens (including phenoxy) is 1. The lowest BCUT2D eigenvalue weighted by atomic mass is 10.0. The van der Waals surface area contributed by atoms with Gasteiger partial charge in [0, 0.05) is 31.8 Å². The summed E-state index contributed by atoms with van der Waals surface area (Å²) < 4.78 is 7.33. The van der Waals surface area contributed by atoms with Gasteiger partial charge in [-0.15, -0.1) is 0 Å². The second-order valence-electron chi connectivity index (χ2n) is 6.41. The van der Waals surface area contributed by atoms with E-state index in [1.54, 1.807) is 4.68 Å². The molecule has 5 nitrogen and oxygen atoms in total. The average Bonchev–Trinajstić information content (AvgIpc) is 3.26. The minimum absolute atomic E-state index is 0.175. The first-order chi connectivity index (χ1) is 11.2. The van der Waals surface area contributed by atoms with E-state index < -0.39 is 0 Å². The first-order valence-electron chi connectivity index (χ1n) is 8.23. The molecule has 4 rings (SSSR count). The molecule has 2 aliphatic heterocycles. The van der Waals surface area contributed by atoms with Gasteiger partial charge < -0.3 is 9.64 Å². The summed E-state index contributed by atoms with van der Waals surface area (Å²) in [7, 11) is 1.91. The fourth-order valence-electron chi connectivity index (χ4n) is 3.65. The van der Waals surface area contributed by atoms with Gasteiger partial charge in [-0.25, -0.2) is 0 Å². The van der Waals surface area contributed by atoms with Crippen LogP contribution in [0.4, 0.5) is 0 Å². The normalized spacial score (nSPS) is 19.7. The summed E-state index contributed by atoms with van der Waals surface area (Å²) in [4.78, 5) is 14.8. The molecule has 120 valence electrons. The molecule has 3 heterocycles. The Hall–Kier alpha value is -2.30. The van der Waals surface area contributed by atoms with Crippen molar-refractivity contribution in [2.45, 2.75) is 31.7 Å². The molecule has 0 aliphatic carbocycles. The lowest BCUT2D eigenvalue weighted by Gasteiger charge is -2.24. The number of benzene rings is 1. The van der Waals surface area contributed by atoms with E-state index in [1.165, 1.54) is 5.56 Å². The number of fused-ring (bicyclic) bond motifs is 1. The molecule has 1 aromatic heterocycles. The smallest absolute Gasteiger partial charge is 0.227 e. The highest BCUT2D eigenvalue weighted by atomic mass is 16.5. The molecule has 0 bridgehead atoms. The van der Waals surface area contributed by atoms with E-state index in [2.05, 4.69) is 11.2 Å². The van der Waals surface area contributed by atoms with Crippen LogP contribution in [0.2, 0.25) is 0 Å². The Morgan fingerprint density at radius 3 is 3.17 bits per heavy atom. The zero-order valence-electron chi connectivity index (χ0n) is 13.4. The molecule has 2 aromatic rings. The van der Waals surface area contributed by atoms with Crippen LogP contribution in [-0.2, 0) is 24.7 Å². The number of rotatable bonds is 3. The van der Waals surface area contributed by atoms with Crippen molar-refractivity contribution in [1.29, 1.82) is 0 Å². The van der Waals surface area contributed by atoms with Crippen molar-refractivity contribution in [3.63, 3.8) is 0 Å². The van der Waals surface area contributed by atoms with Crippen molar-refractivity contribution in [3.8, 4) is 5.75 Å². The summed E-state index contributed by atoms with van der Waals surface area (Å²) in [6.07, 6.45) is 7.38. The van der Waals surface area contributed by atoms with Crippen LogP contribution in [0.1, 0.15) is 35.6 Å². The second kappa shape index (κ2) is 5.72. The molecule has 1 saturated heterocycles. The summed E-state index contributed by atoms with van der Waals surface area (Å²) in [5, 5.41) is 4.24. The van der Waals surface area contributed by atoms with E-state index in [1.807, 2.05) is 36.5 Å². The predicted octanol–water partition coefficient (Wildman–Crippen LogP) is 2.26. The molecule has 0 radical (unpaired) electrons. The van der Waals surface area contributed by atoms with Gasteiger partial charge in [-0.2, -0.15) is 5.10 Å². The third kappa shape index (κ3) is 2.71. The molecule has 5 heteroatoms. The molecule has 23 heavy (non-hydrogen) atoms. The van der Waals surface area contributed by atoms with Crippen LogP contribution in [0, 0.1) is 0 Å². The van der Waals surface area contributed by atoms with Crippen molar-refractivity contribution in [1.82, 2.24) is 14.7 Å².